The predicted molar refractivity (Wildman–Crippen MR) is 313 cm³/mol. The van der Waals surface area contributed by atoms with Crippen molar-refractivity contribution in [2.24, 2.45) is 5.41 Å². The number of rotatable bonds is 23. The van der Waals surface area contributed by atoms with E-state index >= 15 is 0 Å². The number of unbranched alkanes of at least 4 members (excludes halogenated alkanes) is 1. The zero-order chi connectivity index (χ0) is 59.7. The van der Waals surface area contributed by atoms with Crippen LogP contribution in [0.1, 0.15) is 101 Å². The van der Waals surface area contributed by atoms with Gasteiger partial charge in [-0.25, -0.2) is 21.6 Å². The standard InChI is InChI=1S/C59H72ClF3N6O11S3/c1-40(70)80-39-58(65-54(71)12-8-9-13-55(72)78-4)25-28-67(29-26-58)27-23-45(38-81-47-10-6-5-7-11-47)64-50-20-19-48(33-53(50)82(74,75)59(61,62)63)83(76,77)66-56(73)42-16-21-51-52(32-42)79-37-46-36-68(30-31-69(46)51)35-43-34-57(2,3)24-22-49(43)41-14-17-44(60)18-15-41/h5-7,10-11,14-21,32-33,45-46,64H,8-9,12-13,22-31,34-39H2,1-4H3,(H,65,71)(H,66,73)/t45-,46+/m1/s1. The van der Waals surface area contributed by atoms with E-state index in [4.69, 9.17) is 21.1 Å². The molecule has 3 N–H and O–H groups in total. The van der Waals surface area contributed by atoms with Crippen molar-refractivity contribution in [2.45, 2.75) is 123 Å². The highest BCUT2D eigenvalue weighted by atomic mass is 35.5. The number of sulfone groups is 1. The highest BCUT2D eigenvalue weighted by Crippen LogP contribution is 2.44. The maximum absolute atomic E-state index is 14.5. The van der Waals surface area contributed by atoms with Gasteiger partial charge in [-0.1, -0.05) is 61.4 Å². The van der Waals surface area contributed by atoms with Gasteiger partial charge in [0.2, 0.25) is 5.91 Å². The number of fused-ring (bicyclic) bond motifs is 3. The number of sulfonamides is 1. The van der Waals surface area contributed by atoms with E-state index in [1.54, 1.807) is 6.07 Å². The molecule has 0 saturated carbocycles. The number of nitrogens with zero attached hydrogens (tertiary/aromatic N) is 3. The molecule has 0 unspecified atom stereocenters. The van der Waals surface area contributed by atoms with E-state index in [1.165, 1.54) is 54.6 Å². The normalized spacial score (nSPS) is 18.7. The summed E-state index contributed by atoms with van der Waals surface area (Å²) < 4.78 is 116. The van der Waals surface area contributed by atoms with Gasteiger partial charge in [-0.2, -0.15) is 13.2 Å². The van der Waals surface area contributed by atoms with Gasteiger partial charge in [0.05, 0.1) is 35.0 Å². The van der Waals surface area contributed by atoms with Crippen molar-refractivity contribution in [2.75, 3.05) is 82.1 Å². The average Bonchev–Trinajstić information content (AvgIpc) is 3.65. The zero-order valence-electron chi connectivity index (χ0n) is 47.0. The Morgan fingerprint density at radius 2 is 1.60 bits per heavy atom. The summed E-state index contributed by atoms with van der Waals surface area (Å²) in [4.78, 5) is 55.6. The Morgan fingerprint density at radius 1 is 0.880 bits per heavy atom. The molecule has 4 aromatic carbocycles. The van der Waals surface area contributed by atoms with Crippen LogP contribution in [0.15, 0.2) is 111 Å². The van der Waals surface area contributed by atoms with Crippen LogP contribution in [0, 0.1) is 5.41 Å². The Labute approximate surface area is 493 Å². The fourth-order valence-corrected chi connectivity index (χ4v) is 14.3. The van der Waals surface area contributed by atoms with Crippen LogP contribution in [0.25, 0.3) is 5.57 Å². The van der Waals surface area contributed by atoms with Gasteiger partial charge in [0.25, 0.3) is 25.8 Å². The molecule has 2 saturated heterocycles. The quantitative estimate of drug-likeness (QED) is 0.0359. The van der Waals surface area contributed by atoms with Gasteiger partial charge in [-0.05, 0) is 129 Å². The maximum Gasteiger partial charge on any atom is 0.501 e. The number of nitrogens with one attached hydrogen (secondary N) is 3. The van der Waals surface area contributed by atoms with E-state index in [2.05, 4.69) is 56.1 Å². The molecule has 450 valence electrons. The summed E-state index contributed by atoms with van der Waals surface area (Å²) in [6, 6.07) is 23.3. The molecule has 2 atom stereocenters. The molecule has 0 radical (unpaired) electrons. The monoisotopic (exact) mass is 1230 g/mol. The third-order valence-electron chi connectivity index (χ3n) is 15.8. The van der Waals surface area contributed by atoms with Crippen LogP contribution >= 0.6 is 23.4 Å². The number of methoxy groups -OCH3 is 1. The summed E-state index contributed by atoms with van der Waals surface area (Å²) in [6.45, 7) is 10.3. The van der Waals surface area contributed by atoms with Crippen molar-refractivity contribution in [1.29, 1.82) is 0 Å². The Bertz CT molecular complexity index is 3250. The lowest BCUT2D eigenvalue weighted by Crippen LogP contribution is -2.58. The van der Waals surface area contributed by atoms with Crippen LogP contribution in [0.5, 0.6) is 5.75 Å². The maximum atomic E-state index is 14.5. The van der Waals surface area contributed by atoms with Crippen LogP contribution in [0.4, 0.5) is 24.5 Å². The minimum absolute atomic E-state index is 0.00686. The Kier molecular flexibility index (Phi) is 20.6. The molecular formula is C59H72ClF3N6O11S3. The van der Waals surface area contributed by atoms with Crippen LogP contribution in [-0.2, 0) is 43.7 Å². The number of thioether (sulfide) groups is 1. The largest absolute Gasteiger partial charge is 0.501 e. The Balaban J connectivity index is 0.941. The Morgan fingerprint density at radius 3 is 2.30 bits per heavy atom. The number of benzene rings is 4. The smallest absolute Gasteiger partial charge is 0.489 e. The molecule has 1 aliphatic carbocycles. The zero-order valence-corrected chi connectivity index (χ0v) is 50.2. The average molecular weight is 1230 g/mol. The van der Waals surface area contributed by atoms with Gasteiger partial charge in [0.1, 0.15) is 23.9 Å². The first-order valence-electron chi connectivity index (χ1n) is 27.8. The molecular weight excluding hydrogens is 1160 g/mol. The molecule has 2 amide bonds. The van der Waals surface area contributed by atoms with E-state index in [9.17, 15) is 49.2 Å². The number of esters is 2. The third-order valence-corrected chi connectivity index (χ3v) is 20.1. The van der Waals surface area contributed by atoms with E-state index in [1.807, 2.05) is 47.2 Å². The fraction of sp³-hybridized carbons (Fsp3) is 0.492. The van der Waals surface area contributed by atoms with Crippen LogP contribution in [0.3, 0.4) is 0 Å². The molecule has 0 spiro atoms. The number of piperidine rings is 1. The fourth-order valence-electron chi connectivity index (χ4n) is 11.2. The van der Waals surface area contributed by atoms with Gasteiger partial charge in [-0.15, -0.1) is 11.8 Å². The van der Waals surface area contributed by atoms with Gasteiger partial charge in [0.15, 0.2) is 0 Å². The number of carbonyl (C=O) groups excluding carboxylic acids is 4. The second-order valence-corrected chi connectivity index (χ2v) is 27.7. The lowest BCUT2D eigenvalue weighted by Gasteiger charge is -2.46. The number of anilines is 2. The summed E-state index contributed by atoms with van der Waals surface area (Å²) in [5, 5.41) is 6.73. The number of amides is 2. The summed E-state index contributed by atoms with van der Waals surface area (Å²) in [5.74, 6) is -1.68. The lowest BCUT2D eigenvalue weighted by molar-refractivity contribution is -0.145. The number of allylic oxidation sites excluding steroid dienone is 1. The Hall–Kier alpha value is -5.85. The molecule has 8 rings (SSSR count). The first-order chi connectivity index (χ1) is 39.3. The lowest BCUT2D eigenvalue weighted by atomic mass is 9.72. The molecule has 0 aromatic heterocycles. The molecule has 24 heteroatoms. The van der Waals surface area contributed by atoms with E-state index in [-0.39, 0.29) is 60.5 Å². The number of likely N-dealkylation sites (tertiary alicyclic amines) is 1. The van der Waals surface area contributed by atoms with Crippen molar-refractivity contribution < 1.29 is 63.4 Å². The van der Waals surface area contributed by atoms with Gasteiger partial charge in [0, 0.05) is 92.9 Å². The molecule has 3 aliphatic heterocycles. The minimum Gasteiger partial charge on any atom is -0.489 e. The predicted octanol–water partition coefficient (Wildman–Crippen LogP) is 9.51. The first kappa shape index (κ1) is 63.2. The second kappa shape index (κ2) is 27.0. The molecule has 83 heavy (non-hydrogen) atoms. The van der Waals surface area contributed by atoms with Gasteiger partial charge >= 0.3 is 17.4 Å². The number of ether oxygens (including phenoxy) is 3. The van der Waals surface area contributed by atoms with E-state index in [0.29, 0.717) is 75.3 Å². The molecule has 17 nitrogen and oxygen atoms in total. The minimum atomic E-state index is -6.20. The summed E-state index contributed by atoms with van der Waals surface area (Å²) in [6.07, 6.45) is 5.28. The highest BCUT2D eigenvalue weighted by molar-refractivity contribution is 7.99. The number of hydrogen-bond donors (Lipinski definition) is 3. The summed E-state index contributed by atoms with van der Waals surface area (Å²) >= 11 is 7.61. The molecule has 4 aliphatic rings. The van der Waals surface area contributed by atoms with Crippen molar-refractivity contribution >= 4 is 83.9 Å². The van der Waals surface area contributed by atoms with Gasteiger partial charge in [-0.3, -0.25) is 24.1 Å². The van der Waals surface area contributed by atoms with Crippen LogP contribution in [0.2, 0.25) is 5.02 Å². The topological polar surface area (TPSA) is 210 Å². The van der Waals surface area contributed by atoms with Crippen molar-refractivity contribution in [3.63, 3.8) is 0 Å². The van der Waals surface area contributed by atoms with Crippen LogP contribution < -0.4 is 25.0 Å². The molecule has 4 aromatic rings. The third kappa shape index (κ3) is 16.5. The van der Waals surface area contributed by atoms with Crippen LogP contribution in [-0.4, -0.2) is 145 Å². The van der Waals surface area contributed by atoms with Gasteiger partial charge < -0.3 is 34.6 Å². The molecule has 2 fully saturated rings. The van der Waals surface area contributed by atoms with E-state index in [0.717, 1.165) is 61.6 Å². The number of piperazine rings is 1. The number of carbonyl (C=O) groups is 4. The van der Waals surface area contributed by atoms with E-state index < -0.39 is 64.3 Å². The van der Waals surface area contributed by atoms with Crippen molar-refractivity contribution in [1.82, 2.24) is 19.8 Å². The second-order valence-electron chi connectivity index (χ2n) is 22.5. The van der Waals surface area contributed by atoms with Crippen molar-refractivity contribution in [3.05, 3.63) is 113 Å². The summed E-state index contributed by atoms with van der Waals surface area (Å²) in [5.41, 5.74) is -2.47. The summed E-state index contributed by atoms with van der Waals surface area (Å²) in [7, 11) is -9.89. The van der Waals surface area contributed by atoms with Crippen molar-refractivity contribution in [3.8, 4) is 5.75 Å². The number of hydrogen-bond acceptors (Lipinski definition) is 16. The number of halogens is 4. The first-order valence-corrected chi connectivity index (χ1v) is 32.1. The SMILES string of the molecule is COC(=O)CCCCC(=O)NC1(COC(C)=O)CCN(CC[C@H](CSc2ccccc2)Nc2ccc(S(=O)(=O)NC(=O)c3ccc4c(c3)OC[C@@H]3CN(CC5=C(c6ccc(Cl)cc6)CCC(C)(C)C5)CCN43)cc2S(=O)(=O)C(F)(F)F)CC1. The highest BCUT2D eigenvalue weighted by Gasteiger charge is 2.49. The molecule has 3 heterocycles. The molecule has 0 bridgehead atoms. The number of alkyl halides is 3.